The third-order valence-electron chi connectivity index (χ3n) is 3.58. The lowest BCUT2D eigenvalue weighted by molar-refractivity contribution is -0.123. The zero-order chi connectivity index (χ0) is 15.3. The highest BCUT2D eigenvalue weighted by molar-refractivity contribution is 6.74. The van der Waals surface area contributed by atoms with E-state index in [1.807, 2.05) is 12.2 Å². The fraction of sp³-hybridized carbons (Fsp3) is 0.667. The smallest absolute Gasteiger partial charge is 0.245 e. The van der Waals surface area contributed by atoms with E-state index >= 15 is 0 Å². The van der Waals surface area contributed by atoms with Gasteiger partial charge in [0.25, 0.3) is 0 Å². The van der Waals surface area contributed by atoms with Crippen molar-refractivity contribution in [1.82, 2.24) is 4.90 Å². The van der Waals surface area contributed by atoms with Crippen molar-refractivity contribution in [2.45, 2.75) is 51.4 Å². The molecule has 4 heteroatoms. The van der Waals surface area contributed by atoms with Crippen LogP contribution in [-0.2, 0) is 9.22 Å². The maximum absolute atomic E-state index is 11.4. The SMILES string of the molecule is C=C[C@@H](C/C=C/C(=O)N(C)C)O[Si](C)(C)C(C)(C)C. The van der Waals surface area contributed by atoms with E-state index in [9.17, 15) is 4.79 Å². The number of nitrogens with zero attached hydrogens (tertiary/aromatic N) is 1. The molecule has 0 unspecified atom stereocenters. The number of carbonyl (C=O) groups excluding carboxylic acids is 1. The fourth-order valence-corrected chi connectivity index (χ4v) is 2.50. The van der Waals surface area contributed by atoms with Gasteiger partial charge in [0.15, 0.2) is 8.32 Å². The van der Waals surface area contributed by atoms with Crippen molar-refractivity contribution in [2.24, 2.45) is 0 Å². The van der Waals surface area contributed by atoms with Gasteiger partial charge in [0.05, 0.1) is 6.10 Å². The van der Waals surface area contributed by atoms with Gasteiger partial charge in [-0.15, -0.1) is 6.58 Å². The first-order valence-electron chi connectivity index (χ1n) is 6.69. The predicted octanol–water partition coefficient (Wildman–Crippen LogP) is 3.60. The lowest BCUT2D eigenvalue weighted by atomic mass is 10.2. The maximum Gasteiger partial charge on any atom is 0.245 e. The highest BCUT2D eigenvalue weighted by atomic mass is 28.4. The molecular formula is C15H29NO2Si. The molecule has 0 radical (unpaired) electrons. The summed E-state index contributed by atoms with van der Waals surface area (Å²) in [6.45, 7) is 14.9. The monoisotopic (exact) mass is 283 g/mol. The fourth-order valence-electron chi connectivity index (χ4n) is 1.20. The molecule has 0 saturated heterocycles. The Morgan fingerprint density at radius 1 is 1.37 bits per heavy atom. The molecule has 0 fully saturated rings. The summed E-state index contributed by atoms with van der Waals surface area (Å²) < 4.78 is 6.24. The minimum atomic E-state index is -1.79. The molecule has 0 aromatic carbocycles. The quantitative estimate of drug-likeness (QED) is 0.423. The highest BCUT2D eigenvalue weighted by Gasteiger charge is 2.38. The number of likely N-dealkylation sites (N-methyl/N-ethyl adjacent to an activating group) is 1. The zero-order valence-corrected chi connectivity index (χ0v) is 14.5. The van der Waals surface area contributed by atoms with Gasteiger partial charge in [-0.1, -0.05) is 32.9 Å². The van der Waals surface area contributed by atoms with Crippen LogP contribution in [0.15, 0.2) is 24.8 Å². The number of amides is 1. The normalized spacial score (nSPS) is 14.5. The molecule has 0 aliphatic carbocycles. The summed E-state index contributed by atoms with van der Waals surface area (Å²) in [5.41, 5.74) is 0. The molecule has 0 bridgehead atoms. The molecule has 0 aromatic rings. The topological polar surface area (TPSA) is 29.5 Å². The second-order valence-electron chi connectivity index (χ2n) is 6.52. The standard InChI is InChI=1S/C15H29NO2Si/c1-9-13(11-10-12-14(17)16(5)6)18-19(7,8)15(2,3)4/h9-10,12-13H,1,11H2,2-8H3/b12-10+/t13-/m0/s1. The first-order valence-corrected chi connectivity index (χ1v) is 9.60. The van der Waals surface area contributed by atoms with Gasteiger partial charge < -0.3 is 9.33 Å². The van der Waals surface area contributed by atoms with Crippen molar-refractivity contribution < 1.29 is 9.22 Å². The molecule has 0 aromatic heterocycles. The van der Waals surface area contributed by atoms with E-state index in [0.717, 1.165) is 0 Å². The van der Waals surface area contributed by atoms with Crippen molar-refractivity contribution in [2.75, 3.05) is 14.1 Å². The van der Waals surface area contributed by atoms with Crippen molar-refractivity contribution >= 4 is 14.2 Å². The molecule has 0 aliphatic heterocycles. The van der Waals surface area contributed by atoms with E-state index in [-0.39, 0.29) is 17.0 Å². The summed E-state index contributed by atoms with van der Waals surface area (Å²) in [4.78, 5) is 13.0. The molecule has 0 spiro atoms. The van der Waals surface area contributed by atoms with E-state index in [1.54, 1.807) is 25.1 Å². The van der Waals surface area contributed by atoms with Crippen LogP contribution in [0.5, 0.6) is 0 Å². The van der Waals surface area contributed by atoms with Gasteiger partial charge in [-0.25, -0.2) is 0 Å². The van der Waals surface area contributed by atoms with Gasteiger partial charge in [-0.3, -0.25) is 4.79 Å². The van der Waals surface area contributed by atoms with Crippen LogP contribution in [0, 0.1) is 0 Å². The second-order valence-corrected chi connectivity index (χ2v) is 11.3. The van der Waals surface area contributed by atoms with Gasteiger partial charge in [-0.05, 0) is 30.6 Å². The van der Waals surface area contributed by atoms with Crippen molar-refractivity contribution in [3.63, 3.8) is 0 Å². The Labute approximate surface area is 119 Å². The number of hydrogen-bond acceptors (Lipinski definition) is 2. The van der Waals surface area contributed by atoms with Crippen molar-refractivity contribution in [3.8, 4) is 0 Å². The van der Waals surface area contributed by atoms with E-state index < -0.39 is 8.32 Å². The average Bonchev–Trinajstić information content (AvgIpc) is 2.25. The molecule has 3 nitrogen and oxygen atoms in total. The Morgan fingerprint density at radius 2 is 1.89 bits per heavy atom. The van der Waals surface area contributed by atoms with Gasteiger partial charge in [0.2, 0.25) is 5.91 Å². The Morgan fingerprint density at radius 3 is 2.26 bits per heavy atom. The molecule has 0 aliphatic rings. The molecule has 0 saturated carbocycles. The van der Waals surface area contributed by atoms with Gasteiger partial charge in [0.1, 0.15) is 0 Å². The Balaban J connectivity index is 4.55. The van der Waals surface area contributed by atoms with Crippen LogP contribution < -0.4 is 0 Å². The van der Waals surface area contributed by atoms with Gasteiger partial charge in [-0.2, -0.15) is 0 Å². The van der Waals surface area contributed by atoms with Crippen LogP contribution >= 0.6 is 0 Å². The van der Waals surface area contributed by atoms with E-state index in [4.69, 9.17) is 4.43 Å². The Kier molecular flexibility index (Phi) is 6.73. The van der Waals surface area contributed by atoms with Crippen molar-refractivity contribution in [1.29, 1.82) is 0 Å². The molecular weight excluding hydrogens is 254 g/mol. The first-order chi connectivity index (χ1) is 8.51. The molecule has 0 heterocycles. The second kappa shape index (κ2) is 7.06. The summed E-state index contributed by atoms with van der Waals surface area (Å²) in [7, 11) is 1.69. The third kappa shape index (κ3) is 6.21. The van der Waals surface area contributed by atoms with E-state index in [2.05, 4.69) is 40.4 Å². The molecule has 1 atom stereocenters. The van der Waals surface area contributed by atoms with Crippen molar-refractivity contribution in [3.05, 3.63) is 24.8 Å². The summed E-state index contributed by atoms with van der Waals surface area (Å²) in [5, 5.41) is 0.178. The Bertz CT molecular complexity index is 341. The minimum Gasteiger partial charge on any atom is -0.410 e. The predicted molar refractivity (Wildman–Crippen MR) is 84.7 cm³/mol. The molecule has 0 N–H and O–H groups in total. The lowest BCUT2D eigenvalue weighted by Crippen LogP contribution is -2.43. The Hall–Kier alpha value is -0.873. The average molecular weight is 283 g/mol. The van der Waals surface area contributed by atoms with Crippen LogP contribution in [0.4, 0.5) is 0 Å². The van der Waals surface area contributed by atoms with E-state index in [1.165, 1.54) is 0 Å². The summed E-state index contributed by atoms with van der Waals surface area (Å²) in [6.07, 6.45) is 5.94. The summed E-state index contributed by atoms with van der Waals surface area (Å²) >= 11 is 0. The first kappa shape index (κ1) is 18.1. The van der Waals surface area contributed by atoms with Crippen LogP contribution in [0.25, 0.3) is 0 Å². The zero-order valence-electron chi connectivity index (χ0n) is 13.5. The van der Waals surface area contributed by atoms with Crippen LogP contribution in [0.1, 0.15) is 27.2 Å². The lowest BCUT2D eigenvalue weighted by Gasteiger charge is -2.38. The van der Waals surface area contributed by atoms with Crippen LogP contribution in [0.3, 0.4) is 0 Å². The molecule has 110 valence electrons. The number of hydrogen-bond donors (Lipinski definition) is 0. The molecule has 1 amide bonds. The largest absolute Gasteiger partial charge is 0.410 e. The maximum atomic E-state index is 11.4. The minimum absolute atomic E-state index is 0.00450. The highest BCUT2D eigenvalue weighted by Crippen LogP contribution is 2.37. The molecule has 19 heavy (non-hydrogen) atoms. The number of carbonyl (C=O) groups is 1. The summed E-state index contributed by atoms with van der Waals surface area (Å²) in [5.74, 6) is -0.00450. The van der Waals surface area contributed by atoms with Crippen LogP contribution in [-0.4, -0.2) is 39.3 Å². The third-order valence-corrected chi connectivity index (χ3v) is 8.09. The van der Waals surface area contributed by atoms with Gasteiger partial charge in [0, 0.05) is 14.1 Å². The summed E-state index contributed by atoms with van der Waals surface area (Å²) in [6, 6.07) is 0. The van der Waals surface area contributed by atoms with Gasteiger partial charge >= 0.3 is 0 Å². The number of rotatable bonds is 6. The van der Waals surface area contributed by atoms with E-state index in [0.29, 0.717) is 6.42 Å². The molecule has 0 rings (SSSR count). The van der Waals surface area contributed by atoms with Crippen LogP contribution in [0.2, 0.25) is 18.1 Å².